The minimum Gasteiger partial charge on any atom is -0.360 e. The van der Waals surface area contributed by atoms with Crippen LogP contribution in [0.25, 0.3) is 0 Å². The molecule has 0 aliphatic carbocycles. The van der Waals surface area contributed by atoms with Gasteiger partial charge in [0.1, 0.15) is 10.6 Å². The number of carbonyl (C=O) groups is 1. The van der Waals surface area contributed by atoms with E-state index in [1.807, 2.05) is 24.3 Å². The molecule has 10 heteroatoms. The molecule has 2 saturated heterocycles. The van der Waals surface area contributed by atoms with Gasteiger partial charge in [0.05, 0.1) is 5.92 Å². The molecule has 1 aromatic carbocycles. The highest BCUT2D eigenvalue weighted by Gasteiger charge is 2.37. The molecule has 8 nitrogen and oxygen atoms in total. The summed E-state index contributed by atoms with van der Waals surface area (Å²) in [4.78, 5) is 15.5. The Morgan fingerprint density at radius 2 is 1.85 bits per heavy atom. The van der Waals surface area contributed by atoms with Crippen molar-refractivity contribution in [3.05, 3.63) is 46.3 Å². The summed E-state index contributed by atoms with van der Waals surface area (Å²) in [6, 6.07) is 8.02. The number of nitrogens with zero attached hydrogens (tertiary/aromatic N) is 3. The third-order valence-corrected chi connectivity index (χ3v) is 8.94. The van der Waals surface area contributed by atoms with Crippen LogP contribution in [0.4, 0.5) is 0 Å². The van der Waals surface area contributed by atoms with Gasteiger partial charge in [0, 0.05) is 43.8 Å². The van der Waals surface area contributed by atoms with Gasteiger partial charge in [0.2, 0.25) is 15.9 Å². The van der Waals surface area contributed by atoms with Gasteiger partial charge in [-0.05, 0) is 57.2 Å². The lowest BCUT2D eigenvalue weighted by Gasteiger charge is -2.35. The van der Waals surface area contributed by atoms with Crippen LogP contribution >= 0.6 is 11.6 Å². The number of piperidine rings is 2. The monoisotopic (exact) mass is 494 g/mol. The lowest BCUT2D eigenvalue weighted by atomic mass is 9.97. The molecule has 0 spiro atoms. The SMILES string of the molecule is Cc1noc(C)c1S(=O)(=O)N1CCCC(C(=O)NC2CCN(Cc3ccc(Cl)cc3)CC2)C1. The fraction of sp³-hybridized carbons (Fsp3) is 0.565. The normalized spacial score (nSPS) is 21.2. The van der Waals surface area contributed by atoms with Crippen LogP contribution in [0, 0.1) is 19.8 Å². The van der Waals surface area contributed by atoms with Gasteiger partial charge in [-0.25, -0.2) is 8.42 Å². The molecule has 2 fully saturated rings. The van der Waals surface area contributed by atoms with Gasteiger partial charge < -0.3 is 9.84 Å². The van der Waals surface area contributed by atoms with Crippen molar-refractivity contribution in [3.8, 4) is 0 Å². The molecule has 4 rings (SSSR count). The first kappa shape index (κ1) is 24.2. The van der Waals surface area contributed by atoms with Crippen LogP contribution in [0.2, 0.25) is 5.02 Å². The zero-order chi connectivity index (χ0) is 23.6. The molecule has 1 unspecified atom stereocenters. The average molecular weight is 495 g/mol. The van der Waals surface area contributed by atoms with E-state index in [0.29, 0.717) is 25.1 Å². The predicted molar refractivity (Wildman–Crippen MR) is 125 cm³/mol. The number of halogens is 1. The van der Waals surface area contributed by atoms with E-state index in [2.05, 4.69) is 15.4 Å². The Morgan fingerprint density at radius 3 is 2.48 bits per heavy atom. The minimum atomic E-state index is -3.74. The average Bonchev–Trinajstić information content (AvgIpc) is 3.15. The van der Waals surface area contributed by atoms with Gasteiger partial charge in [-0.3, -0.25) is 9.69 Å². The van der Waals surface area contributed by atoms with Crippen molar-refractivity contribution in [2.45, 2.75) is 57.0 Å². The number of aromatic nitrogens is 1. The highest BCUT2D eigenvalue weighted by molar-refractivity contribution is 7.89. The molecule has 180 valence electrons. The summed E-state index contributed by atoms with van der Waals surface area (Å²) in [5.41, 5.74) is 1.58. The minimum absolute atomic E-state index is 0.0511. The molecule has 2 aromatic rings. The maximum atomic E-state index is 13.1. The summed E-state index contributed by atoms with van der Waals surface area (Å²) in [5.74, 6) is -0.115. The quantitative estimate of drug-likeness (QED) is 0.662. The van der Waals surface area contributed by atoms with Gasteiger partial charge in [-0.1, -0.05) is 28.9 Å². The number of amides is 1. The highest BCUT2D eigenvalue weighted by Crippen LogP contribution is 2.28. The lowest BCUT2D eigenvalue weighted by molar-refractivity contribution is -0.127. The number of aryl methyl sites for hydroxylation is 2. The van der Waals surface area contributed by atoms with E-state index in [1.165, 1.54) is 9.87 Å². The second-order valence-corrected chi connectivity index (χ2v) is 11.4. The van der Waals surface area contributed by atoms with Crippen LogP contribution in [0.3, 0.4) is 0 Å². The molecular weight excluding hydrogens is 464 g/mol. The van der Waals surface area contributed by atoms with Crippen LogP contribution in [0.5, 0.6) is 0 Å². The zero-order valence-corrected chi connectivity index (χ0v) is 20.7. The summed E-state index contributed by atoms with van der Waals surface area (Å²) >= 11 is 5.96. The highest BCUT2D eigenvalue weighted by atomic mass is 35.5. The molecule has 2 aliphatic heterocycles. The Morgan fingerprint density at radius 1 is 1.15 bits per heavy atom. The molecule has 1 amide bonds. The number of carbonyl (C=O) groups excluding carboxylic acids is 1. The lowest BCUT2D eigenvalue weighted by Crippen LogP contribution is -2.50. The summed E-state index contributed by atoms with van der Waals surface area (Å²) in [5, 5.41) is 7.69. The number of likely N-dealkylation sites (tertiary alicyclic amines) is 1. The van der Waals surface area contributed by atoms with Gasteiger partial charge in [-0.15, -0.1) is 0 Å². The summed E-state index contributed by atoms with van der Waals surface area (Å²) in [7, 11) is -3.74. The van der Waals surface area contributed by atoms with Crippen molar-refractivity contribution in [3.63, 3.8) is 0 Å². The fourth-order valence-corrected chi connectivity index (χ4v) is 6.69. The molecule has 0 saturated carbocycles. The second-order valence-electron chi connectivity index (χ2n) is 9.04. The largest absolute Gasteiger partial charge is 0.360 e. The number of hydrogen-bond donors (Lipinski definition) is 1. The standard InChI is InChI=1S/C23H31ClN4O4S/c1-16-22(17(2)32-26-16)33(30,31)28-11-3-4-19(15-28)23(29)25-21-9-12-27(13-10-21)14-18-5-7-20(24)8-6-18/h5-8,19,21H,3-4,9-15H2,1-2H3,(H,25,29). The molecule has 1 aromatic heterocycles. The molecular formula is C23H31ClN4O4S. The Labute approximate surface area is 200 Å². The number of hydrogen-bond acceptors (Lipinski definition) is 6. The third-order valence-electron chi connectivity index (χ3n) is 6.57. The Kier molecular flexibility index (Phi) is 7.43. The van der Waals surface area contributed by atoms with E-state index in [1.54, 1.807) is 13.8 Å². The maximum absolute atomic E-state index is 13.1. The Hall–Kier alpha value is -1.94. The van der Waals surface area contributed by atoms with E-state index in [4.69, 9.17) is 16.1 Å². The Balaban J connectivity index is 1.29. The number of rotatable bonds is 6. The summed E-state index contributed by atoms with van der Waals surface area (Å²) in [6.07, 6.45) is 3.11. The van der Waals surface area contributed by atoms with E-state index >= 15 is 0 Å². The van der Waals surface area contributed by atoms with Crippen molar-refractivity contribution in [1.82, 2.24) is 19.7 Å². The van der Waals surface area contributed by atoms with Crippen molar-refractivity contribution in [2.24, 2.45) is 5.92 Å². The fourth-order valence-electron chi connectivity index (χ4n) is 4.75. The van der Waals surface area contributed by atoms with E-state index in [0.717, 1.165) is 37.5 Å². The third kappa shape index (κ3) is 5.59. The van der Waals surface area contributed by atoms with Gasteiger partial charge in [0.15, 0.2) is 5.76 Å². The molecule has 0 radical (unpaired) electrons. The summed E-state index contributed by atoms with van der Waals surface area (Å²) in [6.45, 7) is 6.49. The van der Waals surface area contributed by atoms with Crippen molar-refractivity contribution in [2.75, 3.05) is 26.2 Å². The smallest absolute Gasteiger partial charge is 0.248 e. The van der Waals surface area contributed by atoms with Crippen LogP contribution in [0.1, 0.15) is 42.7 Å². The van der Waals surface area contributed by atoms with E-state index in [-0.39, 0.29) is 35.1 Å². The van der Waals surface area contributed by atoms with Crippen LogP contribution in [-0.4, -0.2) is 60.9 Å². The molecule has 3 heterocycles. The van der Waals surface area contributed by atoms with E-state index in [9.17, 15) is 13.2 Å². The maximum Gasteiger partial charge on any atom is 0.248 e. The molecule has 1 N–H and O–H groups in total. The van der Waals surface area contributed by atoms with Gasteiger partial charge in [0.25, 0.3) is 0 Å². The summed E-state index contributed by atoms with van der Waals surface area (Å²) < 4.78 is 32.7. The molecule has 0 bridgehead atoms. The zero-order valence-electron chi connectivity index (χ0n) is 19.1. The van der Waals surface area contributed by atoms with E-state index < -0.39 is 10.0 Å². The number of sulfonamides is 1. The first-order valence-electron chi connectivity index (χ1n) is 11.4. The van der Waals surface area contributed by atoms with Crippen LogP contribution in [-0.2, 0) is 21.4 Å². The predicted octanol–water partition coefficient (Wildman–Crippen LogP) is 3.13. The first-order valence-corrected chi connectivity index (χ1v) is 13.3. The van der Waals surface area contributed by atoms with Gasteiger partial charge >= 0.3 is 0 Å². The van der Waals surface area contributed by atoms with Crippen molar-refractivity contribution < 1.29 is 17.7 Å². The van der Waals surface area contributed by atoms with Crippen LogP contribution in [0.15, 0.2) is 33.7 Å². The first-order chi connectivity index (χ1) is 15.7. The molecule has 33 heavy (non-hydrogen) atoms. The number of nitrogens with one attached hydrogen (secondary N) is 1. The molecule has 2 aliphatic rings. The molecule has 1 atom stereocenters. The van der Waals surface area contributed by atoms with Crippen LogP contribution < -0.4 is 5.32 Å². The van der Waals surface area contributed by atoms with Crippen molar-refractivity contribution >= 4 is 27.5 Å². The number of benzene rings is 1. The van der Waals surface area contributed by atoms with Crippen molar-refractivity contribution in [1.29, 1.82) is 0 Å². The second kappa shape index (κ2) is 10.1. The Bertz CT molecular complexity index is 1060. The van der Waals surface area contributed by atoms with Gasteiger partial charge in [-0.2, -0.15) is 4.31 Å². The topological polar surface area (TPSA) is 95.8 Å².